The molecule has 0 saturated carbocycles. The molecule has 3 aromatic heterocycles. The van der Waals surface area contributed by atoms with Gasteiger partial charge in [0.2, 0.25) is 0 Å². The lowest BCUT2D eigenvalue weighted by molar-refractivity contribution is 0.245. The topological polar surface area (TPSA) is 64.9 Å². The van der Waals surface area contributed by atoms with E-state index in [0.29, 0.717) is 6.04 Å². The van der Waals surface area contributed by atoms with Crippen LogP contribution >= 0.6 is 0 Å². The molecule has 1 aliphatic heterocycles. The monoisotopic (exact) mass is 340 g/mol. The smallest absolute Gasteiger partial charge is 0.139 e. The summed E-state index contributed by atoms with van der Waals surface area (Å²) < 4.78 is 9.47. The van der Waals surface area contributed by atoms with E-state index in [1.807, 2.05) is 18.5 Å². The van der Waals surface area contributed by atoms with Crippen LogP contribution in [0.15, 0.2) is 23.2 Å². The average molecular weight is 340 g/mol. The molecular weight excluding hydrogens is 316 g/mol. The second kappa shape index (κ2) is 6.15. The molecule has 0 unspecified atom stereocenters. The standard InChI is InChI=1S/C18H24N6O/c1-12-8-16(14(3)24(12)23-10-19-20-11-23)9-22-7-5-6-17(22)18-13(2)21-25-15(18)4/h8,10-11,17H,5-7,9H2,1-4H3/t17-/m1/s1. The first-order valence-electron chi connectivity index (χ1n) is 8.76. The van der Waals surface area contributed by atoms with Crippen molar-refractivity contribution in [2.75, 3.05) is 6.54 Å². The number of hydrogen-bond donors (Lipinski definition) is 0. The van der Waals surface area contributed by atoms with E-state index in [9.17, 15) is 0 Å². The van der Waals surface area contributed by atoms with Crippen LogP contribution in [0.4, 0.5) is 0 Å². The zero-order valence-electron chi connectivity index (χ0n) is 15.2. The Morgan fingerprint density at radius 3 is 2.60 bits per heavy atom. The van der Waals surface area contributed by atoms with Crippen molar-refractivity contribution in [1.29, 1.82) is 0 Å². The lowest BCUT2D eigenvalue weighted by atomic mass is 10.0. The highest BCUT2D eigenvalue weighted by Crippen LogP contribution is 2.37. The van der Waals surface area contributed by atoms with Gasteiger partial charge in [0, 0.05) is 29.5 Å². The first-order chi connectivity index (χ1) is 12.1. The van der Waals surface area contributed by atoms with E-state index in [0.717, 1.165) is 31.0 Å². The highest BCUT2D eigenvalue weighted by Gasteiger charge is 2.31. The van der Waals surface area contributed by atoms with E-state index in [4.69, 9.17) is 4.52 Å². The maximum atomic E-state index is 5.40. The van der Waals surface area contributed by atoms with Crippen LogP contribution in [0.1, 0.15) is 52.9 Å². The quantitative estimate of drug-likeness (QED) is 0.730. The molecule has 7 heteroatoms. The van der Waals surface area contributed by atoms with E-state index in [1.165, 1.54) is 28.9 Å². The molecule has 0 bridgehead atoms. The predicted molar refractivity (Wildman–Crippen MR) is 93.1 cm³/mol. The highest BCUT2D eigenvalue weighted by atomic mass is 16.5. The number of hydrogen-bond acceptors (Lipinski definition) is 5. The van der Waals surface area contributed by atoms with Crippen LogP contribution in [0.3, 0.4) is 0 Å². The Labute approximate surface area is 147 Å². The van der Waals surface area contributed by atoms with Gasteiger partial charge in [0.05, 0.1) is 5.69 Å². The third-order valence-corrected chi connectivity index (χ3v) is 5.30. The Balaban J connectivity index is 1.63. The molecule has 0 N–H and O–H groups in total. The van der Waals surface area contributed by atoms with Gasteiger partial charge in [-0.15, -0.1) is 10.2 Å². The summed E-state index contributed by atoms with van der Waals surface area (Å²) in [5, 5.41) is 12.0. The molecule has 1 saturated heterocycles. The summed E-state index contributed by atoms with van der Waals surface area (Å²) in [6, 6.07) is 2.65. The predicted octanol–water partition coefficient (Wildman–Crippen LogP) is 2.95. The van der Waals surface area contributed by atoms with Crippen molar-refractivity contribution < 1.29 is 4.52 Å². The van der Waals surface area contributed by atoms with Crippen molar-refractivity contribution in [3.8, 4) is 0 Å². The van der Waals surface area contributed by atoms with Gasteiger partial charge < -0.3 is 4.52 Å². The number of nitrogens with zero attached hydrogens (tertiary/aromatic N) is 6. The fourth-order valence-corrected chi connectivity index (χ4v) is 4.16. The van der Waals surface area contributed by atoms with Gasteiger partial charge in [-0.1, -0.05) is 5.16 Å². The van der Waals surface area contributed by atoms with Crippen molar-refractivity contribution in [1.82, 2.24) is 29.6 Å². The van der Waals surface area contributed by atoms with E-state index < -0.39 is 0 Å². The Morgan fingerprint density at radius 1 is 1.16 bits per heavy atom. The molecule has 3 aromatic rings. The summed E-state index contributed by atoms with van der Waals surface area (Å²) in [6.07, 6.45) is 5.82. The van der Waals surface area contributed by atoms with Crippen LogP contribution in [0, 0.1) is 27.7 Å². The van der Waals surface area contributed by atoms with Gasteiger partial charge in [-0.25, -0.2) is 4.68 Å². The molecule has 7 nitrogen and oxygen atoms in total. The van der Waals surface area contributed by atoms with Crippen LogP contribution in [0.5, 0.6) is 0 Å². The fraction of sp³-hybridized carbons (Fsp3) is 0.500. The van der Waals surface area contributed by atoms with Crippen molar-refractivity contribution in [3.05, 3.63) is 52.7 Å². The largest absolute Gasteiger partial charge is 0.361 e. The van der Waals surface area contributed by atoms with Crippen LogP contribution < -0.4 is 0 Å². The van der Waals surface area contributed by atoms with Crippen LogP contribution in [-0.4, -0.2) is 36.2 Å². The highest BCUT2D eigenvalue weighted by molar-refractivity contribution is 5.29. The van der Waals surface area contributed by atoms with Crippen LogP contribution in [0.2, 0.25) is 0 Å². The summed E-state index contributed by atoms with van der Waals surface area (Å²) in [7, 11) is 0. The second-order valence-electron chi connectivity index (χ2n) is 6.92. The molecule has 0 aromatic carbocycles. The molecule has 0 radical (unpaired) electrons. The third kappa shape index (κ3) is 2.68. The number of likely N-dealkylation sites (tertiary alicyclic amines) is 1. The maximum absolute atomic E-state index is 5.40. The molecule has 1 aliphatic rings. The minimum absolute atomic E-state index is 0.393. The molecule has 0 aliphatic carbocycles. The Kier molecular flexibility index (Phi) is 3.95. The molecule has 0 spiro atoms. The van der Waals surface area contributed by atoms with E-state index in [-0.39, 0.29) is 0 Å². The molecule has 1 atom stereocenters. The first-order valence-corrected chi connectivity index (χ1v) is 8.76. The molecule has 4 heterocycles. The lowest BCUT2D eigenvalue weighted by Gasteiger charge is -2.24. The van der Waals surface area contributed by atoms with Gasteiger partial charge >= 0.3 is 0 Å². The van der Waals surface area contributed by atoms with Gasteiger partial charge in [-0.2, -0.15) is 0 Å². The van der Waals surface area contributed by atoms with Gasteiger partial charge in [-0.05, 0) is 58.7 Å². The van der Waals surface area contributed by atoms with Crippen LogP contribution in [-0.2, 0) is 6.54 Å². The molecule has 0 amide bonds. The van der Waals surface area contributed by atoms with E-state index in [2.05, 4.69) is 44.8 Å². The van der Waals surface area contributed by atoms with Crippen molar-refractivity contribution in [3.63, 3.8) is 0 Å². The van der Waals surface area contributed by atoms with Crippen molar-refractivity contribution >= 4 is 0 Å². The second-order valence-corrected chi connectivity index (χ2v) is 6.92. The minimum Gasteiger partial charge on any atom is -0.361 e. The Morgan fingerprint density at radius 2 is 1.92 bits per heavy atom. The summed E-state index contributed by atoms with van der Waals surface area (Å²) in [5.74, 6) is 0.948. The molecule has 132 valence electrons. The van der Waals surface area contributed by atoms with Gasteiger partial charge in [0.25, 0.3) is 0 Å². The van der Waals surface area contributed by atoms with Crippen LogP contribution in [0.25, 0.3) is 0 Å². The average Bonchev–Trinajstić information content (AvgIpc) is 3.33. The molecular formula is C18H24N6O. The summed E-state index contributed by atoms with van der Waals surface area (Å²) in [6.45, 7) is 10.4. The van der Waals surface area contributed by atoms with Gasteiger partial charge in [0.15, 0.2) is 0 Å². The van der Waals surface area contributed by atoms with Gasteiger partial charge in [-0.3, -0.25) is 9.58 Å². The number of aromatic nitrogens is 5. The summed E-state index contributed by atoms with van der Waals surface area (Å²) in [5.41, 5.74) is 6.03. The zero-order chi connectivity index (χ0) is 17.6. The SMILES string of the molecule is Cc1noc(C)c1[C@H]1CCCN1Cc1cc(C)n(-n2cnnc2)c1C. The lowest BCUT2D eigenvalue weighted by Crippen LogP contribution is -2.24. The maximum Gasteiger partial charge on any atom is 0.139 e. The zero-order valence-corrected chi connectivity index (χ0v) is 15.2. The third-order valence-electron chi connectivity index (χ3n) is 5.30. The fourth-order valence-electron chi connectivity index (χ4n) is 4.16. The molecule has 1 fully saturated rings. The Hall–Kier alpha value is -2.41. The summed E-state index contributed by atoms with van der Waals surface area (Å²) in [4.78, 5) is 2.55. The van der Waals surface area contributed by atoms with E-state index in [1.54, 1.807) is 12.7 Å². The Bertz CT molecular complexity index is 856. The molecule has 4 rings (SSSR count). The van der Waals surface area contributed by atoms with Crippen molar-refractivity contribution in [2.24, 2.45) is 0 Å². The van der Waals surface area contributed by atoms with Crippen molar-refractivity contribution in [2.45, 2.75) is 53.1 Å². The minimum atomic E-state index is 0.393. The van der Waals surface area contributed by atoms with Gasteiger partial charge in [0.1, 0.15) is 18.4 Å². The summed E-state index contributed by atoms with van der Waals surface area (Å²) >= 11 is 0. The first kappa shape index (κ1) is 16.1. The number of aryl methyl sites for hydroxylation is 3. The normalized spacial score (nSPS) is 18.3. The molecule has 25 heavy (non-hydrogen) atoms. The number of rotatable bonds is 4. The van der Waals surface area contributed by atoms with E-state index >= 15 is 0 Å².